The second kappa shape index (κ2) is 3.74. The Morgan fingerprint density at radius 2 is 1.89 bits per heavy atom. The van der Waals surface area contributed by atoms with Crippen molar-refractivity contribution in [3.05, 3.63) is 15.2 Å². The predicted molar refractivity (Wildman–Crippen MR) is 49.5 cm³/mol. The first-order valence-corrected chi connectivity index (χ1v) is 14.2. The van der Waals surface area contributed by atoms with Crippen LogP contribution in [-0.4, -0.2) is 24.6 Å². The molecule has 0 atom stereocenters. The Hall–Kier alpha value is 0.669. The van der Waals surface area contributed by atoms with E-state index in [2.05, 4.69) is 33.4 Å². The molecule has 0 aliphatic carbocycles. The zero-order chi connectivity index (χ0) is 7.49. The van der Waals surface area contributed by atoms with Gasteiger partial charge in [0.15, 0.2) is 0 Å². The fraction of sp³-hybridized carbons (Fsp3) is 0.571. The van der Waals surface area contributed by atoms with Gasteiger partial charge in [-0.1, -0.05) is 0 Å². The average Bonchev–Trinajstić information content (AvgIpc) is 1.65. The van der Waals surface area contributed by atoms with E-state index in [0.717, 1.165) is 0 Å². The molecule has 0 heterocycles. The average molecular weight is 249 g/mol. The first-order valence-electron chi connectivity index (χ1n) is 2.97. The Morgan fingerprint density at radius 1 is 1.44 bits per heavy atom. The molecule has 0 bridgehead atoms. The van der Waals surface area contributed by atoms with Gasteiger partial charge >= 0.3 is 66.4 Å². The van der Waals surface area contributed by atoms with Crippen LogP contribution in [0.3, 0.4) is 0 Å². The third-order valence-electron chi connectivity index (χ3n) is 1.05. The van der Waals surface area contributed by atoms with Crippen molar-refractivity contribution in [2.45, 2.75) is 14.8 Å². The van der Waals surface area contributed by atoms with Crippen LogP contribution in [0.2, 0.25) is 14.8 Å². The van der Waals surface area contributed by atoms with Crippen molar-refractivity contribution < 1.29 is 0 Å². The van der Waals surface area contributed by atoms with Gasteiger partial charge in [-0.05, 0) is 0 Å². The molecule has 0 aromatic carbocycles. The van der Waals surface area contributed by atoms with Crippen molar-refractivity contribution in [3.8, 4) is 0 Å². The second-order valence-electron chi connectivity index (χ2n) is 2.96. The number of hydrogen-bond donors (Lipinski definition) is 0. The van der Waals surface area contributed by atoms with Crippen molar-refractivity contribution in [1.29, 1.82) is 0 Å². The summed E-state index contributed by atoms with van der Waals surface area (Å²) in [5.74, 6) is 0. The summed E-state index contributed by atoms with van der Waals surface area (Å²) in [7, 11) is 0. The van der Waals surface area contributed by atoms with Gasteiger partial charge in [-0.2, -0.15) is 0 Å². The van der Waals surface area contributed by atoms with E-state index in [4.69, 9.17) is 0 Å². The molecule has 0 radical (unpaired) electrons. The molecule has 9 heavy (non-hydrogen) atoms. The fourth-order valence-corrected chi connectivity index (χ4v) is 8.16. The number of thioether (sulfide) groups is 1. The Labute approximate surface area is 66.3 Å². The van der Waals surface area contributed by atoms with Crippen molar-refractivity contribution in [2.75, 3.05) is 6.26 Å². The molecule has 0 saturated heterocycles. The normalized spacial score (nSPS) is 10.7. The fourth-order valence-electron chi connectivity index (χ4n) is 0.644. The molecule has 0 nitrogen and oxygen atoms in total. The molecule has 2 heteroatoms. The summed E-state index contributed by atoms with van der Waals surface area (Å²) >= 11 is 0.0650. The molecular weight excluding hydrogens is 235 g/mol. The van der Waals surface area contributed by atoms with Crippen molar-refractivity contribution in [2.24, 2.45) is 0 Å². The molecule has 0 spiro atoms. The van der Waals surface area contributed by atoms with Crippen LogP contribution in [0, 0.1) is 0 Å². The zero-order valence-corrected chi connectivity index (χ0v) is 10.3. The summed E-state index contributed by atoms with van der Waals surface area (Å²) in [6.07, 6.45) is 2.11. The summed E-state index contributed by atoms with van der Waals surface area (Å²) in [6.45, 7) is 3.67. The Balaban J connectivity index is 4.33. The summed E-state index contributed by atoms with van der Waals surface area (Å²) < 4.78 is 1.43. The van der Waals surface area contributed by atoms with Gasteiger partial charge in [0.2, 0.25) is 0 Å². The van der Waals surface area contributed by atoms with Crippen LogP contribution in [0.4, 0.5) is 0 Å². The maximum atomic E-state index is 3.67. The number of hydrogen-bond acceptors (Lipinski definition) is 1. The third kappa shape index (κ3) is 3.39. The van der Waals surface area contributed by atoms with Crippen LogP contribution < -0.4 is 0 Å². The quantitative estimate of drug-likeness (QED) is 0.535. The summed E-state index contributed by atoms with van der Waals surface area (Å²) in [5.41, 5.74) is 3.01. The van der Waals surface area contributed by atoms with Gasteiger partial charge < -0.3 is 0 Å². The van der Waals surface area contributed by atoms with Gasteiger partial charge in [0.1, 0.15) is 0 Å². The van der Waals surface area contributed by atoms with E-state index < -0.39 is 18.4 Å². The van der Waals surface area contributed by atoms with Gasteiger partial charge in [-0.25, -0.2) is 0 Å². The molecule has 0 aromatic heterocycles. The van der Waals surface area contributed by atoms with Crippen molar-refractivity contribution in [1.82, 2.24) is 0 Å². The van der Waals surface area contributed by atoms with E-state index in [1.165, 1.54) is 2.92 Å². The van der Waals surface area contributed by atoms with Gasteiger partial charge in [0.25, 0.3) is 0 Å². The molecule has 0 N–H and O–H groups in total. The van der Waals surface area contributed by atoms with E-state index in [1.54, 1.807) is 0 Å². The van der Waals surface area contributed by atoms with Gasteiger partial charge in [-0.15, -0.1) is 0 Å². The van der Waals surface area contributed by atoms with Gasteiger partial charge in [0.05, 0.1) is 0 Å². The summed E-state index contributed by atoms with van der Waals surface area (Å²) in [6, 6.07) is 0. The maximum absolute atomic E-state index is 3.67. The SMILES string of the molecule is C=C=[C](SC)[Sn]([CH3])([CH3])[CH3]. The van der Waals surface area contributed by atoms with Crippen LogP contribution in [0.25, 0.3) is 0 Å². The second-order valence-corrected chi connectivity index (χ2v) is 19.1. The Kier molecular flexibility index (Phi) is 4.02. The van der Waals surface area contributed by atoms with Gasteiger partial charge in [0, 0.05) is 0 Å². The topological polar surface area (TPSA) is 0 Å². The first-order chi connectivity index (χ1) is 4.02. The molecule has 52 valence electrons. The van der Waals surface area contributed by atoms with Crippen LogP contribution >= 0.6 is 11.8 Å². The minimum absolute atomic E-state index is 1.43. The molecule has 0 aliphatic heterocycles. The van der Waals surface area contributed by atoms with Crippen LogP contribution in [-0.2, 0) is 0 Å². The van der Waals surface area contributed by atoms with Crippen LogP contribution in [0.1, 0.15) is 0 Å². The molecule has 0 amide bonds. The molecule has 0 aliphatic rings. The van der Waals surface area contributed by atoms with E-state index in [-0.39, 0.29) is 0 Å². The Morgan fingerprint density at radius 3 is 1.89 bits per heavy atom. The predicted octanol–water partition coefficient (Wildman–Crippen LogP) is 2.90. The molecule has 0 fully saturated rings. The standard InChI is InChI=1S/C4H5S.3CH3.Sn/c1-3-4-5-2;;;;/h1H2,2H3;3*1H3;. The van der Waals surface area contributed by atoms with E-state index in [1.807, 2.05) is 11.8 Å². The first kappa shape index (κ1) is 9.67. The van der Waals surface area contributed by atoms with E-state index in [9.17, 15) is 0 Å². The Bertz CT molecular complexity index is 137. The monoisotopic (exact) mass is 250 g/mol. The van der Waals surface area contributed by atoms with E-state index >= 15 is 0 Å². The van der Waals surface area contributed by atoms with Crippen molar-refractivity contribution >= 4 is 30.1 Å². The molecule has 0 unspecified atom stereocenters. The number of rotatable bonds is 2. The summed E-state index contributed by atoms with van der Waals surface area (Å²) in [4.78, 5) is 7.12. The van der Waals surface area contributed by atoms with Crippen molar-refractivity contribution in [3.63, 3.8) is 0 Å². The molecule has 0 rings (SSSR count). The summed E-state index contributed by atoms with van der Waals surface area (Å²) in [5, 5.41) is 0. The van der Waals surface area contributed by atoms with Gasteiger partial charge in [-0.3, -0.25) is 0 Å². The minimum atomic E-state index is -1.75. The zero-order valence-electron chi connectivity index (χ0n) is 6.62. The van der Waals surface area contributed by atoms with E-state index in [0.29, 0.717) is 0 Å². The van der Waals surface area contributed by atoms with Crippen LogP contribution in [0.5, 0.6) is 0 Å². The van der Waals surface area contributed by atoms with Crippen LogP contribution in [0.15, 0.2) is 15.2 Å². The molecular formula is C7H14SSn. The molecule has 0 saturated carbocycles. The third-order valence-corrected chi connectivity index (χ3v) is 11.8. The molecule has 0 aromatic rings.